The van der Waals surface area contributed by atoms with Gasteiger partial charge < -0.3 is 24.6 Å². The van der Waals surface area contributed by atoms with E-state index in [4.69, 9.17) is 9.26 Å². The third-order valence-electron chi connectivity index (χ3n) is 6.67. The quantitative estimate of drug-likeness (QED) is 0.556. The first-order chi connectivity index (χ1) is 17.0. The van der Waals surface area contributed by atoms with Crippen LogP contribution in [-0.4, -0.2) is 52.3 Å². The number of benzene rings is 2. The fraction of sp³-hybridized carbons (Fsp3) is 0.308. The Balaban J connectivity index is 1.21. The minimum atomic E-state index is -1.03. The Morgan fingerprint density at radius 3 is 2.43 bits per heavy atom. The number of nitrogens with one attached hydrogen (secondary N) is 1. The van der Waals surface area contributed by atoms with Crippen LogP contribution in [0, 0.1) is 0 Å². The number of nitrogens with zero attached hydrogens (tertiary/aromatic N) is 2. The second-order valence-electron chi connectivity index (χ2n) is 8.70. The van der Waals surface area contributed by atoms with Gasteiger partial charge in [-0.1, -0.05) is 53.7 Å². The van der Waals surface area contributed by atoms with Gasteiger partial charge in [-0.25, -0.2) is 9.59 Å². The summed E-state index contributed by atoms with van der Waals surface area (Å²) < 4.78 is 10.5. The summed E-state index contributed by atoms with van der Waals surface area (Å²) in [5, 5.41) is 15.9. The van der Waals surface area contributed by atoms with Crippen molar-refractivity contribution in [2.45, 2.75) is 37.8 Å². The average Bonchev–Trinajstić information content (AvgIpc) is 3.48. The monoisotopic (exact) mass is 475 g/mol. The lowest BCUT2D eigenvalue weighted by Crippen LogP contribution is -2.48. The maximum atomic E-state index is 13.0. The number of amides is 2. The number of rotatable bonds is 6. The molecule has 1 aromatic heterocycles. The van der Waals surface area contributed by atoms with Gasteiger partial charge >= 0.3 is 12.1 Å². The molecule has 3 aromatic rings. The molecule has 2 heterocycles. The van der Waals surface area contributed by atoms with Gasteiger partial charge in [0.25, 0.3) is 5.91 Å². The largest absolute Gasteiger partial charge is 0.480 e. The molecule has 9 heteroatoms. The van der Waals surface area contributed by atoms with Gasteiger partial charge in [0, 0.05) is 12.5 Å². The number of aliphatic carboxylic acids is 1. The number of fused-ring (bicyclic) bond motifs is 3. The van der Waals surface area contributed by atoms with Gasteiger partial charge in [-0.15, -0.1) is 0 Å². The van der Waals surface area contributed by atoms with Crippen molar-refractivity contribution in [1.82, 2.24) is 15.4 Å². The number of ether oxygens (including phenoxy) is 1. The van der Waals surface area contributed by atoms with Crippen molar-refractivity contribution in [1.29, 1.82) is 0 Å². The summed E-state index contributed by atoms with van der Waals surface area (Å²) in [6, 6.07) is 15.3. The van der Waals surface area contributed by atoms with Gasteiger partial charge in [-0.05, 0) is 41.5 Å². The van der Waals surface area contributed by atoms with Gasteiger partial charge in [-0.3, -0.25) is 4.79 Å². The average molecular weight is 476 g/mol. The number of aromatic nitrogens is 1. The molecule has 0 spiro atoms. The van der Waals surface area contributed by atoms with Crippen LogP contribution < -0.4 is 5.32 Å². The molecular weight excluding hydrogens is 450 g/mol. The van der Waals surface area contributed by atoms with Crippen molar-refractivity contribution < 1.29 is 28.8 Å². The van der Waals surface area contributed by atoms with Gasteiger partial charge in [0.1, 0.15) is 30.2 Å². The number of hydrogen-bond acceptors (Lipinski definition) is 6. The highest BCUT2D eigenvalue weighted by Gasteiger charge is 2.34. The second kappa shape index (κ2) is 9.61. The summed E-state index contributed by atoms with van der Waals surface area (Å²) in [7, 11) is 0. The molecule has 0 bridgehead atoms. The Morgan fingerprint density at radius 2 is 1.74 bits per heavy atom. The van der Waals surface area contributed by atoms with Crippen LogP contribution in [0.15, 0.2) is 59.3 Å². The molecule has 1 aliphatic heterocycles. The lowest BCUT2D eigenvalue weighted by Gasteiger charge is -2.32. The van der Waals surface area contributed by atoms with Crippen molar-refractivity contribution in [2.75, 3.05) is 13.2 Å². The van der Waals surface area contributed by atoms with Gasteiger partial charge in [-0.2, -0.15) is 0 Å². The van der Waals surface area contributed by atoms with Crippen molar-refractivity contribution in [3.8, 4) is 11.1 Å². The Hall–Kier alpha value is -4.14. The molecule has 0 saturated carbocycles. The highest BCUT2D eigenvalue weighted by atomic mass is 16.5. The molecule has 35 heavy (non-hydrogen) atoms. The molecule has 9 nitrogen and oxygen atoms in total. The van der Waals surface area contributed by atoms with E-state index in [0.29, 0.717) is 13.0 Å². The van der Waals surface area contributed by atoms with Crippen LogP contribution in [0.1, 0.15) is 52.4 Å². The number of carboxylic acid groups (broad SMARTS) is 1. The minimum Gasteiger partial charge on any atom is -0.480 e. The molecule has 2 amide bonds. The number of carbonyl (C=O) groups excluding carboxylic acids is 2. The van der Waals surface area contributed by atoms with E-state index in [0.717, 1.165) is 35.1 Å². The zero-order chi connectivity index (χ0) is 24.4. The number of hydrogen-bond donors (Lipinski definition) is 2. The summed E-state index contributed by atoms with van der Waals surface area (Å²) in [6.45, 7) is 0.429. The SMILES string of the molecule is O=C(NCc1nocc1C(=O)N1CCCCC1C(=O)O)OCC1c2ccccc2-c2ccccc21. The molecular formula is C26H25N3O6. The molecule has 5 rings (SSSR count). The van der Waals surface area contributed by atoms with E-state index in [2.05, 4.69) is 22.6 Å². The fourth-order valence-corrected chi connectivity index (χ4v) is 4.95. The second-order valence-corrected chi connectivity index (χ2v) is 8.70. The number of alkyl carbamates (subject to hydrolysis) is 1. The Kier molecular flexibility index (Phi) is 6.22. The Morgan fingerprint density at radius 1 is 1.06 bits per heavy atom. The number of carboxylic acids is 1. The summed E-state index contributed by atoms with van der Waals surface area (Å²) in [5.41, 5.74) is 4.86. The van der Waals surface area contributed by atoms with Crippen molar-refractivity contribution >= 4 is 18.0 Å². The van der Waals surface area contributed by atoms with E-state index in [1.165, 1.54) is 11.2 Å². The summed E-state index contributed by atoms with van der Waals surface area (Å²) in [4.78, 5) is 38.4. The molecule has 2 N–H and O–H groups in total. The van der Waals surface area contributed by atoms with Crippen LogP contribution in [0.2, 0.25) is 0 Å². The van der Waals surface area contributed by atoms with Crippen molar-refractivity contribution in [3.05, 3.63) is 77.2 Å². The smallest absolute Gasteiger partial charge is 0.407 e. The lowest BCUT2D eigenvalue weighted by atomic mass is 9.98. The van der Waals surface area contributed by atoms with E-state index in [9.17, 15) is 19.5 Å². The number of piperidine rings is 1. The van der Waals surface area contributed by atoms with Crippen LogP contribution in [0.3, 0.4) is 0 Å². The van der Waals surface area contributed by atoms with E-state index in [1.54, 1.807) is 0 Å². The number of likely N-dealkylation sites (tertiary alicyclic amines) is 1. The molecule has 1 aliphatic carbocycles. The lowest BCUT2D eigenvalue weighted by molar-refractivity contribution is -0.143. The van der Waals surface area contributed by atoms with E-state index in [-0.39, 0.29) is 30.3 Å². The van der Waals surface area contributed by atoms with Gasteiger partial charge in [0.2, 0.25) is 0 Å². The maximum absolute atomic E-state index is 13.0. The Bertz CT molecular complexity index is 1220. The first kappa shape index (κ1) is 22.6. The highest BCUT2D eigenvalue weighted by molar-refractivity contribution is 5.97. The van der Waals surface area contributed by atoms with Crippen molar-refractivity contribution in [3.63, 3.8) is 0 Å². The minimum absolute atomic E-state index is 0.0654. The third-order valence-corrected chi connectivity index (χ3v) is 6.67. The molecule has 180 valence electrons. The number of carbonyl (C=O) groups is 3. The highest BCUT2D eigenvalue weighted by Crippen LogP contribution is 2.44. The predicted octanol–water partition coefficient (Wildman–Crippen LogP) is 3.79. The van der Waals surface area contributed by atoms with E-state index >= 15 is 0 Å². The molecule has 2 aliphatic rings. The normalized spacial score (nSPS) is 16.9. The van der Waals surface area contributed by atoms with E-state index in [1.807, 2.05) is 36.4 Å². The van der Waals surface area contributed by atoms with Crippen LogP contribution in [0.5, 0.6) is 0 Å². The van der Waals surface area contributed by atoms with Crippen LogP contribution >= 0.6 is 0 Å². The Labute approximate surface area is 201 Å². The van der Waals surface area contributed by atoms with Crippen LogP contribution in [0.4, 0.5) is 4.79 Å². The molecule has 2 aromatic carbocycles. The van der Waals surface area contributed by atoms with Gasteiger partial charge in [0.15, 0.2) is 0 Å². The summed E-state index contributed by atoms with van der Waals surface area (Å²) in [6.07, 6.45) is 2.42. The van der Waals surface area contributed by atoms with Gasteiger partial charge in [0.05, 0.1) is 6.54 Å². The first-order valence-corrected chi connectivity index (χ1v) is 11.6. The zero-order valence-corrected chi connectivity index (χ0v) is 19.0. The predicted molar refractivity (Wildman–Crippen MR) is 125 cm³/mol. The van der Waals surface area contributed by atoms with Crippen LogP contribution in [-0.2, 0) is 16.1 Å². The summed E-state index contributed by atoms with van der Waals surface area (Å²) >= 11 is 0. The molecule has 1 atom stereocenters. The topological polar surface area (TPSA) is 122 Å². The first-order valence-electron chi connectivity index (χ1n) is 11.6. The standard InChI is InChI=1S/C26H25N3O6/c30-24(29-12-6-5-11-23(29)25(31)32)21-15-35-28-22(21)13-27-26(33)34-14-20-18-9-3-1-7-16(18)17-8-2-4-10-19(17)20/h1-4,7-10,15,20,23H,5-6,11-14H2,(H,27,33)(H,31,32). The molecule has 1 fully saturated rings. The maximum Gasteiger partial charge on any atom is 0.407 e. The van der Waals surface area contributed by atoms with E-state index < -0.39 is 24.0 Å². The third kappa shape index (κ3) is 4.37. The fourth-order valence-electron chi connectivity index (χ4n) is 4.95. The molecule has 1 saturated heterocycles. The summed E-state index contributed by atoms with van der Waals surface area (Å²) in [5.74, 6) is -1.57. The molecule has 0 radical (unpaired) electrons. The van der Waals surface area contributed by atoms with Crippen molar-refractivity contribution in [2.24, 2.45) is 0 Å². The van der Waals surface area contributed by atoms with Crippen LogP contribution in [0.25, 0.3) is 11.1 Å². The molecule has 1 unspecified atom stereocenters. The zero-order valence-electron chi connectivity index (χ0n) is 19.0.